The molecule has 0 N–H and O–H groups in total. The quantitative estimate of drug-likeness (QED) is 0.589. The molecule has 0 spiro atoms. The number of hydrogen-bond acceptors (Lipinski definition) is 4. The number of halogens is 1. The average molecular weight is 316 g/mol. The summed E-state index contributed by atoms with van der Waals surface area (Å²) in [6.07, 6.45) is 1.54. The zero-order valence-corrected chi connectivity index (χ0v) is 10.2. The van der Waals surface area contributed by atoms with Crippen molar-refractivity contribution in [1.29, 1.82) is 5.26 Å². The molecular formula is C9H5IN2OS. The van der Waals surface area contributed by atoms with Gasteiger partial charge in [0.05, 0.1) is 18.9 Å². The van der Waals surface area contributed by atoms with Gasteiger partial charge in [-0.1, -0.05) is 0 Å². The van der Waals surface area contributed by atoms with Crippen LogP contribution in [0.5, 0.6) is 5.75 Å². The molecule has 0 aliphatic carbocycles. The maximum Gasteiger partial charge on any atom is 0.138 e. The minimum atomic E-state index is 0.433. The molecule has 5 heteroatoms. The van der Waals surface area contributed by atoms with E-state index in [4.69, 9.17) is 10.00 Å². The standard InChI is InChI=1S/C9H5IN2OS/c1-13-8-4-7(5-11)9(12-6-8)2-3-14-10/h4,6H,1H3. The molecule has 1 aromatic rings. The van der Waals surface area contributed by atoms with E-state index in [-0.39, 0.29) is 0 Å². The number of pyridine rings is 1. The van der Waals surface area contributed by atoms with Gasteiger partial charge in [0.1, 0.15) is 17.5 Å². The first-order valence-electron chi connectivity index (χ1n) is 3.54. The highest BCUT2D eigenvalue weighted by Crippen LogP contribution is 2.14. The number of aromatic nitrogens is 1. The topological polar surface area (TPSA) is 45.9 Å². The van der Waals surface area contributed by atoms with Crippen LogP contribution in [0.2, 0.25) is 0 Å². The van der Waals surface area contributed by atoms with E-state index in [0.717, 1.165) is 0 Å². The Morgan fingerprint density at radius 3 is 3.00 bits per heavy atom. The molecule has 0 aliphatic rings. The fourth-order valence-corrected chi connectivity index (χ4v) is 1.28. The second kappa shape index (κ2) is 5.74. The molecule has 70 valence electrons. The molecule has 14 heavy (non-hydrogen) atoms. The lowest BCUT2D eigenvalue weighted by Crippen LogP contribution is -1.91. The molecule has 1 rings (SSSR count). The molecule has 0 unspecified atom stereocenters. The maximum absolute atomic E-state index is 8.82. The van der Waals surface area contributed by atoms with Crippen molar-refractivity contribution >= 4 is 30.1 Å². The second-order valence-corrected chi connectivity index (χ2v) is 3.87. The fourth-order valence-electron chi connectivity index (χ4n) is 0.810. The molecule has 3 nitrogen and oxygen atoms in total. The molecular weight excluding hydrogens is 311 g/mol. The summed E-state index contributed by atoms with van der Waals surface area (Å²) in [6.45, 7) is 0. The number of ether oxygens (including phenoxy) is 1. The zero-order chi connectivity index (χ0) is 10.4. The Kier molecular flexibility index (Phi) is 4.57. The molecule has 1 heterocycles. The largest absolute Gasteiger partial charge is 0.495 e. The van der Waals surface area contributed by atoms with Crippen molar-refractivity contribution in [3.05, 3.63) is 23.5 Å². The summed E-state index contributed by atoms with van der Waals surface area (Å²) in [4.78, 5) is 4.02. The van der Waals surface area contributed by atoms with Gasteiger partial charge in [0.15, 0.2) is 0 Å². The zero-order valence-electron chi connectivity index (χ0n) is 7.24. The van der Waals surface area contributed by atoms with Crippen molar-refractivity contribution in [2.75, 3.05) is 7.11 Å². The van der Waals surface area contributed by atoms with Crippen molar-refractivity contribution in [2.24, 2.45) is 0 Å². The smallest absolute Gasteiger partial charge is 0.138 e. The van der Waals surface area contributed by atoms with Gasteiger partial charge in [-0.2, -0.15) is 5.26 Å². The van der Waals surface area contributed by atoms with Crippen molar-refractivity contribution in [3.63, 3.8) is 0 Å². The Bertz CT molecular complexity index is 431. The van der Waals surface area contributed by atoms with Crippen LogP contribution in [-0.4, -0.2) is 12.1 Å². The Morgan fingerprint density at radius 2 is 2.43 bits per heavy atom. The summed E-state index contributed by atoms with van der Waals surface area (Å²) in [5, 5.41) is 11.6. The molecule has 0 amide bonds. The molecule has 0 radical (unpaired) electrons. The third kappa shape index (κ3) is 2.79. The van der Waals surface area contributed by atoms with Crippen molar-refractivity contribution in [1.82, 2.24) is 4.98 Å². The highest BCUT2D eigenvalue weighted by atomic mass is 127. The molecule has 0 aromatic carbocycles. The van der Waals surface area contributed by atoms with E-state index in [1.54, 1.807) is 12.3 Å². The molecule has 0 bridgehead atoms. The van der Waals surface area contributed by atoms with Gasteiger partial charge in [-0.15, -0.1) is 0 Å². The van der Waals surface area contributed by atoms with Crippen LogP contribution in [0.25, 0.3) is 0 Å². The van der Waals surface area contributed by atoms with Gasteiger partial charge in [0.2, 0.25) is 0 Å². The Morgan fingerprint density at radius 1 is 1.64 bits per heavy atom. The predicted molar refractivity (Wildman–Crippen MR) is 64.0 cm³/mol. The van der Waals surface area contributed by atoms with Crippen LogP contribution < -0.4 is 4.74 Å². The second-order valence-electron chi connectivity index (χ2n) is 2.19. The molecule has 0 fully saturated rings. The SMILES string of the molecule is COc1cnc(C#CSI)c(C#N)c1. The molecule has 0 saturated carbocycles. The number of nitrogens with zero attached hydrogens (tertiary/aromatic N) is 2. The number of methoxy groups -OCH3 is 1. The van der Waals surface area contributed by atoms with E-state index in [1.807, 2.05) is 6.07 Å². The van der Waals surface area contributed by atoms with Gasteiger partial charge in [-0.05, 0) is 20.1 Å². The summed E-state index contributed by atoms with van der Waals surface area (Å²) < 4.78 is 4.95. The highest BCUT2D eigenvalue weighted by Gasteiger charge is 2.02. The van der Waals surface area contributed by atoms with Crippen LogP contribution in [0.4, 0.5) is 0 Å². The molecule has 1 aromatic heterocycles. The number of rotatable bonds is 1. The van der Waals surface area contributed by atoms with Crippen LogP contribution in [0.1, 0.15) is 11.3 Å². The minimum absolute atomic E-state index is 0.433. The minimum Gasteiger partial charge on any atom is -0.495 e. The van der Waals surface area contributed by atoms with E-state index in [9.17, 15) is 0 Å². The van der Waals surface area contributed by atoms with Crippen LogP contribution in [-0.2, 0) is 0 Å². The molecule has 0 aliphatic heterocycles. The fraction of sp³-hybridized carbons (Fsp3) is 0.111. The van der Waals surface area contributed by atoms with E-state index < -0.39 is 0 Å². The summed E-state index contributed by atoms with van der Waals surface area (Å²) in [6, 6.07) is 3.64. The van der Waals surface area contributed by atoms with Crippen LogP contribution in [0, 0.1) is 22.5 Å². The van der Waals surface area contributed by atoms with Crippen LogP contribution in [0.3, 0.4) is 0 Å². The lowest BCUT2D eigenvalue weighted by Gasteiger charge is -1.99. The lowest BCUT2D eigenvalue weighted by molar-refractivity contribution is 0.412. The van der Waals surface area contributed by atoms with E-state index in [2.05, 4.69) is 37.4 Å². The highest BCUT2D eigenvalue weighted by molar-refractivity contribution is 14.2. The van der Waals surface area contributed by atoms with Gasteiger partial charge < -0.3 is 4.74 Å². The van der Waals surface area contributed by atoms with Crippen LogP contribution >= 0.6 is 30.1 Å². The first-order chi connectivity index (χ1) is 6.81. The third-order valence-corrected chi connectivity index (χ3v) is 2.27. The Balaban J connectivity index is 3.13. The van der Waals surface area contributed by atoms with Crippen LogP contribution in [0.15, 0.2) is 12.3 Å². The van der Waals surface area contributed by atoms with Gasteiger partial charge in [0.25, 0.3) is 0 Å². The third-order valence-electron chi connectivity index (χ3n) is 1.43. The van der Waals surface area contributed by atoms with Gasteiger partial charge >= 0.3 is 0 Å². The van der Waals surface area contributed by atoms with Crippen molar-refractivity contribution in [3.8, 4) is 23.0 Å². The Hall–Kier alpha value is -0.920. The monoisotopic (exact) mass is 316 g/mol. The summed E-state index contributed by atoms with van der Waals surface area (Å²) in [5.41, 5.74) is 0.916. The normalized spacial score (nSPS) is 8.36. The van der Waals surface area contributed by atoms with E-state index in [1.165, 1.54) is 16.0 Å². The summed E-state index contributed by atoms with van der Waals surface area (Å²) in [7, 11) is 2.89. The molecule has 0 saturated heterocycles. The first-order valence-corrected chi connectivity index (χ1v) is 6.90. The Labute approximate surface area is 98.4 Å². The van der Waals surface area contributed by atoms with E-state index >= 15 is 0 Å². The first kappa shape index (κ1) is 11.2. The molecule has 0 atom stereocenters. The van der Waals surface area contributed by atoms with Crippen molar-refractivity contribution < 1.29 is 4.74 Å². The van der Waals surface area contributed by atoms with Gasteiger partial charge in [-0.3, -0.25) is 0 Å². The number of nitriles is 1. The maximum atomic E-state index is 8.82. The van der Waals surface area contributed by atoms with Gasteiger partial charge in [-0.25, -0.2) is 4.98 Å². The number of hydrogen-bond donors (Lipinski definition) is 0. The summed E-state index contributed by atoms with van der Waals surface area (Å²) >= 11 is 2.06. The van der Waals surface area contributed by atoms with Crippen molar-refractivity contribution in [2.45, 2.75) is 0 Å². The lowest BCUT2D eigenvalue weighted by atomic mass is 10.2. The predicted octanol–water partition coefficient (Wildman–Crippen LogP) is 2.35. The van der Waals surface area contributed by atoms with E-state index in [0.29, 0.717) is 17.0 Å². The van der Waals surface area contributed by atoms with Gasteiger partial charge in [0, 0.05) is 27.3 Å². The average Bonchev–Trinajstić information content (AvgIpc) is 2.26. The summed E-state index contributed by atoms with van der Waals surface area (Å²) in [5.74, 6) is 3.35.